The van der Waals surface area contributed by atoms with Gasteiger partial charge in [-0.15, -0.1) is 0 Å². The molecule has 1 atom stereocenters. The zero-order valence-corrected chi connectivity index (χ0v) is 12.1. The van der Waals surface area contributed by atoms with Gasteiger partial charge in [-0.05, 0) is 69.5 Å². The topological polar surface area (TPSA) is 26.0 Å². The smallest absolute Gasteiger partial charge is 0.0346 e. The lowest BCUT2D eigenvalue weighted by Gasteiger charge is -2.14. The van der Waals surface area contributed by atoms with Crippen molar-refractivity contribution in [2.45, 2.75) is 19.4 Å². The van der Waals surface area contributed by atoms with E-state index >= 15 is 0 Å². The van der Waals surface area contributed by atoms with Crippen molar-refractivity contribution in [3.63, 3.8) is 0 Å². The minimum Gasteiger partial charge on any atom is -0.324 e. The van der Waals surface area contributed by atoms with E-state index in [1.54, 1.807) is 11.3 Å². The number of thiophene rings is 1. The Morgan fingerprint density at radius 1 is 1.38 bits per heavy atom. The van der Waals surface area contributed by atoms with Crippen molar-refractivity contribution in [3.8, 4) is 0 Å². The van der Waals surface area contributed by atoms with Gasteiger partial charge in [0.05, 0.1) is 0 Å². The Balaban J connectivity index is 2.21. The Bertz CT molecular complexity index is 465. The molecule has 0 amide bonds. The molecule has 84 valence electrons. The number of benzene rings is 1. The van der Waals surface area contributed by atoms with Crippen LogP contribution in [0.2, 0.25) is 0 Å². The zero-order valence-electron chi connectivity index (χ0n) is 9.11. The van der Waals surface area contributed by atoms with Gasteiger partial charge in [-0.1, -0.05) is 18.2 Å². The van der Waals surface area contributed by atoms with Gasteiger partial charge in [0.1, 0.15) is 0 Å². The molecule has 2 aromatic rings. The van der Waals surface area contributed by atoms with E-state index < -0.39 is 0 Å². The second-order valence-electron chi connectivity index (χ2n) is 3.92. The molecule has 1 heterocycles. The Kier molecular flexibility index (Phi) is 4.00. The highest BCUT2D eigenvalue weighted by Crippen LogP contribution is 2.24. The summed E-state index contributed by atoms with van der Waals surface area (Å²) < 4.78 is 1.29. The fourth-order valence-electron chi connectivity index (χ4n) is 1.73. The largest absolute Gasteiger partial charge is 0.324 e. The average Bonchev–Trinajstić information content (AvgIpc) is 2.74. The first-order valence-electron chi connectivity index (χ1n) is 5.20. The van der Waals surface area contributed by atoms with E-state index in [0.717, 1.165) is 6.42 Å². The molecule has 1 aromatic carbocycles. The van der Waals surface area contributed by atoms with E-state index in [2.05, 4.69) is 64.5 Å². The summed E-state index contributed by atoms with van der Waals surface area (Å²) in [6.45, 7) is 2.13. The molecule has 1 aromatic heterocycles. The van der Waals surface area contributed by atoms with Crippen molar-refractivity contribution < 1.29 is 0 Å². The first-order chi connectivity index (χ1) is 7.68. The first-order valence-corrected chi connectivity index (χ1v) is 7.22. The van der Waals surface area contributed by atoms with Gasteiger partial charge in [0.2, 0.25) is 0 Å². The first kappa shape index (κ1) is 12.1. The predicted octanol–water partition coefficient (Wildman–Crippen LogP) is 3.90. The Morgan fingerprint density at radius 2 is 2.19 bits per heavy atom. The van der Waals surface area contributed by atoms with E-state index in [9.17, 15) is 0 Å². The van der Waals surface area contributed by atoms with Crippen LogP contribution in [0.25, 0.3) is 0 Å². The van der Waals surface area contributed by atoms with Gasteiger partial charge in [0, 0.05) is 9.61 Å². The molecule has 0 aliphatic carbocycles. The maximum Gasteiger partial charge on any atom is 0.0346 e. The number of hydrogen-bond acceptors (Lipinski definition) is 2. The summed E-state index contributed by atoms with van der Waals surface area (Å²) in [6, 6.07) is 8.59. The van der Waals surface area contributed by atoms with Gasteiger partial charge in [0.15, 0.2) is 0 Å². The molecule has 16 heavy (non-hydrogen) atoms. The van der Waals surface area contributed by atoms with Crippen LogP contribution >= 0.6 is 33.9 Å². The summed E-state index contributed by atoms with van der Waals surface area (Å²) in [4.78, 5) is 0. The predicted molar refractivity (Wildman–Crippen MR) is 78.8 cm³/mol. The Morgan fingerprint density at radius 3 is 2.88 bits per heavy atom. The second kappa shape index (κ2) is 5.29. The number of rotatable bonds is 3. The molecule has 2 N–H and O–H groups in total. The van der Waals surface area contributed by atoms with Crippen LogP contribution in [0.15, 0.2) is 35.0 Å². The van der Waals surface area contributed by atoms with E-state index in [1.165, 1.54) is 20.3 Å². The van der Waals surface area contributed by atoms with E-state index in [1.807, 2.05) is 0 Å². The highest BCUT2D eigenvalue weighted by molar-refractivity contribution is 14.1. The normalized spacial score (nSPS) is 12.7. The quantitative estimate of drug-likeness (QED) is 0.841. The van der Waals surface area contributed by atoms with Crippen LogP contribution in [0, 0.1) is 10.5 Å². The van der Waals surface area contributed by atoms with Crippen molar-refractivity contribution in [1.29, 1.82) is 0 Å². The van der Waals surface area contributed by atoms with Crippen molar-refractivity contribution in [3.05, 3.63) is 55.3 Å². The molecule has 0 fully saturated rings. The molecule has 3 heteroatoms. The Labute approximate surface area is 114 Å². The molecule has 0 spiro atoms. The lowest BCUT2D eigenvalue weighted by atomic mass is 10.00. The summed E-state index contributed by atoms with van der Waals surface area (Å²) in [5, 5.41) is 4.27. The average molecular weight is 343 g/mol. The van der Waals surface area contributed by atoms with Gasteiger partial charge in [-0.2, -0.15) is 11.3 Å². The molecule has 0 saturated carbocycles. The SMILES string of the molecule is Cc1cccc(C(N)Cc2ccsc2)c1I. The van der Waals surface area contributed by atoms with Crippen molar-refractivity contribution in [1.82, 2.24) is 0 Å². The third kappa shape index (κ3) is 2.64. The number of nitrogens with two attached hydrogens (primary N) is 1. The maximum absolute atomic E-state index is 6.26. The molecule has 2 rings (SSSR count). The monoisotopic (exact) mass is 343 g/mol. The lowest BCUT2D eigenvalue weighted by molar-refractivity contribution is 0.719. The number of hydrogen-bond donors (Lipinski definition) is 1. The minimum absolute atomic E-state index is 0.0985. The molecule has 0 aliphatic rings. The summed E-state index contributed by atoms with van der Waals surface area (Å²) >= 11 is 4.11. The van der Waals surface area contributed by atoms with Crippen LogP contribution in [-0.2, 0) is 6.42 Å². The highest BCUT2D eigenvalue weighted by Gasteiger charge is 2.11. The number of aryl methyl sites for hydroxylation is 1. The molecular formula is C13H14INS. The fraction of sp³-hybridized carbons (Fsp3) is 0.231. The van der Waals surface area contributed by atoms with E-state index in [4.69, 9.17) is 5.73 Å². The molecule has 0 bridgehead atoms. The van der Waals surface area contributed by atoms with Crippen molar-refractivity contribution in [2.24, 2.45) is 5.73 Å². The number of halogens is 1. The molecule has 0 saturated heterocycles. The van der Waals surface area contributed by atoms with Crippen molar-refractivity contribution >= 4 is 33.9 Å². The summed E-state index contributed by atoms with van der Waals surface area (Å²) in [6.07, 6.45) is 0.920. The minimum atomic E-state index is 0.0985. The zero-order chi connectivity index (χ0) is 11.5. The van der Waals surface area contributed by atoms with Crippen molar-refractivity contribution in [2.75, 3.05) is 0 Å². The van der Waals surface area contributed by atoms with Gasteiger partial charge < -0.3 is 5.73 Å². The molecule has 0 aliphatic heterocycles. The summed E-state index contributed by atoms with van der Waals surface area (Å²) in [5.41, 5.74) is 10.1. The van der Waals surface area contributed by atoms with E-state index in [0.29, 0.717) is 0 Å². The van der Waals surface area contributed by atoms with Gasteiger partial charge in [0.25, 0.3) is 0 Å². The van der Waals surface area contributed by atoms with Crippen LogP contribution < -0.4 is 5.73 Å². The molecule has 0 radical (unpaired) electrons. The standard InChI is InChI=1S/C13H14INS/c1-9-3-2-4-11(13(9)14)12(15)7-10-5-6-16-8-10/h2-6,8,12H,7,15H2,1H3. The van der Waals surface area contributed by atoms with E-state index in [-0.39, 0.29) is 6.04 Å². The highest BCUT2D eigenvalue weighted by atomic mass is 127. The van der Waals surface area contributed by atoms with Crippen LogP contribution in [0.1, 0.15) is 22.7 Å². The Hall–Kier alpha value is -0.390. The molecule has 1 nitrogen and oxygen atoms in total. The third-order valence-electron chi connectivity index (χ3n) is 2.66. The van der Waals surface area contributed by atoms with Gasteiger partial charge in [-0.25, -0.2) is 0 Å². The second-order valence-corrected chi connectivity index (χ2v) is 5.78. The third-order valence-corrected chi connectivity index (χ3v) is 4.86. The fourth-order valence-corrected chi connectivity index (χ4v) is 3.17. The molecule has 1 unspecified atom stereocenters. The molecular weight excluding hydrogens is 329 g/mol. The van der Waals surface area contributed by atoms with Gasteiger partial charge >= 0.3 is 0 Å². The van der Waals surface area contributed by atoms with Gasteiger partial charge in [-0.3, -0.25) is 0 Å². The van der Waals surface area contributed by atoms with Crippen LogP contribution in [0.3, 0.4) is 0 Å². The summed E-state index contributed by atoms with van der Waals surface area (Å²) in [5.74, 6) is 0. The lowest BCUT2D eigenvalue weighted by Crippen LogP contribution is -2.14. The van der Waals surface area contributed by atoms with Crippen LogP contribution in [0.5, 0.6) is 0 Å². The van der Waals surface area contributed by atoms with Crippen LogP contribution in [0.4, 0.5) is 0 Å². The van der Waals surface area contributed by atoms with Crippen LogP contribution in [-0.4, -0.2) is 0 Å². The maximum atomic E-state index is 6.26. The summed E-state index contributed by atoms with van der Waals surface area (Å²) in [7, 11) is 0.